The molecule has 2 unspecified atom stereocenters. The van der Waals surface area contributed by atoms with E-state index < -0.39 is 5.60 Å². The van der Waals surface area contributed by atoms with Gasteiger partial charge >= 0.3 is 0 Å². The van der Waals surface area contributed by atoms with Crippen LogP contribution in [0, 0.1) is 0 Å². The smallest absolute Gasteiger partial charge is 0.252 e. The van der Waals surface area contributed by atoms with Crippen LogP contribution in [-0.4, -0.2) is 56.3 Å². The Morgan fingerprint density at radius 3 is 2.87 bits per heavy atom. The zero-order valence-electron chi connectivity index (χ0n) is 18.0. The van der Waals surface area contributed by atoms with Gasteiger partial charge < -0.3 is 19.7 Å². The van der Waals surface area contributed by atoms with E-state index in [-0.39, 0.29) is 11.9 Å². The van der Waals surface area contributed by atoms with E-state index in [0.717, 1.165) is 61.2 Å². The Labute approximate surface area is 179 Å². The topological polar surface area (TPSA) is 50.8 Å². The summed E-state index contributed by atoms with van der Waals surface area (Å²) in [6.07, 6.45) is 4.43. The number of likely N-dealkylation sites (N-methyl/N-ethyl adjacent to an activating group) is 1. The number of methoxy groups -OCH3 is 1. The highest BCUT2D eigenvalue weighted by Gasteiger charge is 2.43. The van der Waals surface area contributed by atoms with E-state index >= 15 is 0 Å². The number of hydrogen-bond acceptors (Lipinski definition) is 4. The number of likely N-dealkylation sites (tertiary alicyclic amines) is 1. The van der Waals surface area contributed by atoms with Crippen LogP contribution in [0.25, 0.3) is 11.1 Å². The molecule has 5 nitrogen and oxygen atoms in total. The van der Waals surface area contributed by atoms with Crippen molar-refractivity contribution in [3.05, 3.63) is 54.1 Å². The molecule has 2 aliphatic heterocycles. The molecular weight excluding hydrogens is 376 g/mol. The van der Waals surface area contributed by atoms with E-state index in [4.69, 9.17) is 9.47 Å². The lowest BCUT2D eigenvalue weighted by atomic mass is 9.88. The summed E-state index contributed by atoms with van der Waals surface area (Å²) in [5, 5.41) is 3.29. The Bertz CT molecular complexity index is 876. The molecule has 30 heavy (non-hydrogen) atoms. The molecule has 0 radical (unpaired) electrons. The van der Waals surface area contributed by atoms with Crippen LogP contribution in [0.2, 0.25) is 0 Å². The van der Waals surface area contributed by atoms with Crippen molar-refractivity contribution in [2.24, 2.45) is 0 Å². The summed E-state index contributed by atoms with van der Waals surface area (Å²) in [6.45, 7) is 2.65. The van der Waals surface area contributed by atoms with Crippen LogP contribution in [0.15, 0.2) is 48.5 Å². The Kier molecular flexibility index (Phi) is 6.40. The highest BCUT2D eigenvalue weighted by Crippen LogP contribution is 2.34. The molecule has 0 aliphatic carbocycles. The number of rotatable bonds is 6. The molecule has 1 N–H and O–H groups in total. The molecule has 1 amide bonds. The number of para-hydroxylation sites is 1. The largest absolute Gasteiger partial charge is 0.496 e. The standard InChI is InChI=1S/C25H32N2O3/c1-27-14-6-10-21(18-27)26-24(28)25(13-7-15-30-25)17-19-8-5-9-20(16-19)22-11-3-4-12-23(22)29-2/h3-5,8-9,11-12,16,21H,6-7,10,13-15,17-18H2,1-2H3,(H,26,28). The summed E-state index contributed by atoms with van der Waals surface area (Å²) in [6, 6.07) is 16.6. The van der Waals surface area contributed by atoms with Crippen molar-refractivity contribution >= 4 is 5.91 Å². The lowest BCUT2D eigenvalue weighted by Crippen LogP contribution is -2.54. The van der Waals surface area contributed by atoms with Gasteiger partial charge in [0.2, 0.25) is 0 Å². The summed E-state index contributed by atoms with van der Waals surface area (Å²) in [4.78, 5) is 15.6. The number of amides is 1. The molecule has 2 fully saturated rings. The van der Waals surface area contributed by atoms with E-state index in [1.807, 2.05) is 24.3 Å². The minimum Gasteiger partial charge on any atom is -0.496 e. The van der Waals surface area contributed by atoms with E-state index in [1.54, 1.807) is 7.11 Å². The number of carbonyl (C=O) groups excluding carboxylic acids is 1. The summed E-state index contributed by atoms with van der Waals surface area (Å²) in [7, 11) is 3.81. The minimum atomic E-state index is -0.768. The molecule has 2 aromatic carbocycles. The SMILES string of the molecule is COc1ccccc1-c1cccc(CC2(C(=O)NC3CCCN(C)C3)CCCO2)c1. The number of nitrogens with one attached hydrogen (secondary N) is 1. The summed E-state index contributed by atoms with van der Waals surface area (Å²) >= 11 is 0. The van der Waals surface area contributed by atoms with Gasteiger partial charge in [0.15, 0.2) is 5.60 Å². The highest BCUT2D eigenvalue weighted by molar-refractivity contribution is 5.86. The van der Waals surface area contributed by atoms with Crippen molar-refractivity contribution in [1.82, 2.24) is 10.2 Å². The monoisotopic (exact) mass is 408 g/mol. The van der Waals surface area contributed by atoms with E-state index in [2.05, 4.69) is 41.5 Å². The Balaban J connectivity index is 1.54. The van der Waals surface area contributed by atoms with Gasteiger partial charge in [0.05, 0.1) is 7.11 Å². The molecular formula is C25H32N2O3. The number of ether oxygens (including phenoxy) is 2. The van der Waals surface area contributed by atoms with Crippen LogP contribution in [0.1, 0.15) is 31.2 Å². The molecule has 160 valence electrons. The van der Waals surface area contributed by atoms with Crippen LogP contribution < -0.4 is 10.1 Å². The fourth-order valence-electron chi connectivity index (χ4n) is 4.76. The molecule has 2 saturated heterocycles. The Hall–Kier alpha value is -2.37. The van der Waals surface area contributed by atoms with Gasteiger partial charge in [-0.25, -0.2) is 0 Å². The molecule has 4 rings (SSSR count). The predicted molar refractivity (Wildman–Crippen MR) is 119 cm³/mol. The van der Waals surface area contributed by atoms with Crippen LogP contribution in [-0.2, 0) is 16.0 Å². The fourth-order valence-corrected chi connectivity index (χ4v) is 4.76. The quantitative estimate of drug-likeness (QED) is 0.793. The van der Waals surface area contributed by atoms with Crippen molar-refractivity contribution in [3.8, 4) is 16.9 Å². The normalized spacial score (nSPS) is 24.5. The predicted octanol–water partition coefficient (Wildman–Crippen LogP) is 3.66. The van der Waals surface area contributed by atoms with Crippen molar-refractivity contribution in [1.29, 1.82) is 0 Å². The molecule has 0 aromatic heterocycles. The van der Waals surface area contributed by atoms with Gasteiger partial charge in [-0.1, -0.05) is 42.5 Å². The lowest BCUT2D eigenvalue weighted by molar-refractivity contribution is -0.142. The van der Waals surface area contributed by atoms with Crippen LogP contribution >= 0.6 is 0 Å². The lowest BCUT2D eigenvalue weighted by Gasteiger charge is -2.34. The highest BCUT2D eigenvalue weighted by atomic mass is 16.5. The first kappa shape index (κ1) is 20.9. The molecule has 2 atom stereocenters. The van der Waals surface area contributed by atoms with Crippen LogP contribution in [0.4, 0.5) is 0 Å². The average Bonchev–Trinajstić information content (AvgIpc) is 3.24. The van der Waals surface area contributed by atoms with Crippen LogP contribution in [0.3, 0.4) is 0 Å². The second-order valence-corrected chi connectivity index (χ2v) is 8.60. The molecule has 2 aliphatic rings. The summed E-state index contributed by atoms with van der Waals surface area (Å²) < 4.78 is 11.6. The fraction of sp³-hybridized carbons (Fsp3) is 0.480. The first-order chi connectivity index (χ1) is 14.6. The molecule has 5 heteroatoms. The molecule has 0 spiro atoms. The van der Waals surface area contributed by atoms with Crippen molar-refractivity contribution in [2.45, 2.75) is 43.7 Å². The number of piperidine rings is 1. The average molecular weight is 409 g/mol. The third kappa shape index (κ3) is 4.52. The first-order valence-corrected chi connectivity index (χ1v) is 11.0. The third-order valence-electron chi connectivity index (χ3n) is 6.31. The molecule has 0 saturated carbocycles. The number of nitrogens with zero attached hydrogens (tertiary/aromatic N) is 1. The van der Waals surface area contributed by atoms with E-state index in [0.29, 0.717) is 13.0 Å². The maximum Gasteiger partial charge on any atom is 0.252 e. The zero-order valence-corrected chi connectivity index (χ0v) is 18.0. The van der Waals surface area contributed by atoms with Gasteiger partial charge in [0, 0.05) is 31.2 Å². The Morgan fingerprint density at radius 1 is 1.23 bits per heavy atom. The van der Waals surface area contributed by atoms with Gasteiger partial charge in [0.25, 0.3) is 5.91 Å². The van der Waals surface area contributed by atoms with E-state index in [9.17, 15) is 4.79 Å². The van der Waals surface area contributed by atoms with Gasteiger partial charge in [-0.15, -0.1) is 0 Å². The molecule has 2 heterocycles. The van der Waals surface area contributed by atoms with Gasteiger partial charge in [0.1, 0.15) is 5.75 Å². The van der Waals surface area contributed by atoms with Crippen molar-refractivity contribution in [3.63, 3.8) is 0 Å². The third-order valence-corrected chi connectivity index (χ3v) is 6.31. The second-order valence-electron chi connectivity index (χ2n) is 8.60. The van der Waals surface area contributed by atoms with Crippen LogP contribution in [0.5, 0.6) is 5.75 Å². The zero-order chi connectivity index (χ0) is 21.0. The second kappa shape index (κ2) is 9.19. The number of carbonyl (C=O) groups is 1. The summed E-state index contributed by atoms with van der Waals surface area (Å²) in [5.74, 6) is 0.892. The maximum absolute atomic E-state index is 13.3. The first-order valence-electron chi connectivity index (χ1n) is 11.0. The molecule has 2 aromatic rings. The maximum atomic E-state index is 13.3. The minimum absolute atomic E-state index is 0.0444. The Morgan fingerprint density at radius 2 is 2.10 bits per heavy atom. The summed E-state index contributed by atoms with van der Waals surface area (Å²) in [5.41, 5.74) is 2.48. The van der Waals surface area contributed by atoms with Gasteiger partial charge in [-0.05, 0) is 56.5 Å². The number of hydrogen-bond donors (Lipinski definition) is 1. The molecule has 0 bridgehead atoms. The van der Waals surface area contributed by atoms with Crippen molar-refractivity contribution in [2.75, 3.05) is 33.9 Å². The van der Waals surface area contributed by atoms with E-state index in [1.165, 1.54) is 0 Å². The van der Waals surface area contributed by atoms with Gasteiger partial charge in [-0.2, -0.15) is 0 Å². The number of benzene rings is 2. The van der Waals surface area contributed by atoms with Gasteiger partial charge in [-0.3, -0.25) is 4.79 Å². The van der Waals surface area contributed by atoms with Crippen molar-refractivity contribution < 1.29 is 14.3 Å².